The first kappa shape index (κ1) is 20.3. The lowest BCUT2D eigenvalue weighted by Crippen LogP contribution is -2.20. The zero-order valence-corrected chi connectivity index (χ0v) is 17.5. The topological polar surface area (TPSA) is 47.6 Å². The van der Waals surface area contributed by atoms with E-state index in [1.54, 1.807) is 6.07 Å². The van der Waals surface area contributed by atoms with Gasteiger partial charge in [0.2, 0.25) is 0 Å². The third-order valence-electron chi connectivity index (χ3n) is 3.65. The van der Waals surface area contributed by atoms with E-state index in [1.165, 1.54) is 5.56 Å². The lowest BCUT2D eigenvalue weighted by Gasteiger charge is -2.20. The number of carbonyl (C=O) groups excluding carboxylic acids is 1. The third-order valence-corrected chi connectivity index (χ3v) is 4.27. The van der Waals surface area contributed by atoms with Crippen molar-refractivity contribution >= 4 is 27.5 Å². The molecule has 26 heavy (non-hydrogen) atoms. The van der Waals surface area contributed by atoms with E-state index in [0.29, 0.717) is 11.4 Å². The molecule has 0 fully saturated rings. The molecule has 1 amide bonds. The fourth-order valence-electron chi connectivity index (χ4n) is 2.34. The highest BCUT2D eigenvalue weighted by molar-refractivity contribution is 9.10. The number of halogens is 1. The number of hydrogen-bond acceptors (Lipinski definition) is 3. The van der Waals surface area contributed by atoms with Gasteiger partial charge in [0.1, 0.15) is 11.5 Å². The van der Waals surface area contributed by atoms with Crippen LogP contribution in [0.5, 0.6) is 11.5 Å². The second-order valence-electron chi connectivity index (χ2n) is 7.43. The number of ether oxygens (including phenoxy) is 2. The first-order valence-corrected chi connectivity index (χ1v) is 9.44. The number of rotatable bonds is 6. The molecule has 2 rings (SSSR count). The molecule has 0 unspecified atom stereocenters. The van der Waals surface area contributed by atoms with Crippen molar-refractivity contribution in [2.24, 2.45) is 0 Å². The lowest BCUT2D eigenvalue weighted by molar-refractivity contribution is -0.118. The molecule has 4 nitrogen and oxygen atoms in total. The normalized spacial score (nSPS) is 11.3. The highest BCUT2D eigenvalue weighted by Crippen LogP contribution is 2.31. The monoisotopic (exact) mass is 419 g/mol. The van der Waals surface area contributed by atoms with Crippen molar-refractivity contribution in [3.8, 4) is 11.5 Å². The SMILES string of the molecule is CC(C)Oc1cccc(NC(=O)COc2ccc(C(C)(C)C)cc2Br)c1. The van der Waals surface area contributed by atoms with Crippen LogP contribution < -0.4 is 14.8 Å². The number of benzene rings is 2. The molecule has 2 aromatic rings. The van der Waals surface area contributed by atoms with Crippen molar-refractivity contribution in [2.75, 3.05) is 11.9 Å². The minimum atomic E-state index is -0.224. The summed E-state index contributed by atoms with van der Waals surface area (Å²) in [6, 6.07) is 13.3. The largest absolute Gasteiger partial charge is 0.491 e. The Morgan fingerprint density at radius 3 is 2.50 bits per heavy atom. The molecule has 0 saturated heterocycles. The molecule has 0 saturated carbocycles. The maximum absolute atomic E-state index is 12.2. The van der Waals surface area contributed by atoms with Crippen molar-refractivity contribution in [3.05, 3.63) is 52.5 Å². The van der Waals surface area contributed by atoms with Crippen molar-refractivity contribution in [3.63, 3.8) is 0 Å². The standard InChI is InChI=1S/C21H26BrNO3/c1-14(2)26-17-8-6-7-16(12-17)23-20(24)13-25-19-10-9-15(11-18(19)22)21(3,4)5/h6-12,14H,13H2,1-5H3,(H,23,24). The molecule has 2 aromatic carbocycles. The molecule has 0 atom stereocenters. The van der Waals surface area contributed by atoms with Gasteiger partial charge in [-0.2, -0.15) is 0 Å². The Bertz CT molecular complexity index is 766. The molecule has 5 heteroatoms. The molecular weight excluding hydrogens is 394 g/mol. The maximum atomic E-state index is 12.2. The summed E-state index contributed by atoms with van der Waals surface area (Å²) in [5, 5.41) is 2.82. The second-order valence-corrected chi connectivity index (χ2v) is 8.28. The molecule has 0 spiro atoms. The average Bonchev–Trinajstić information content (AvgIpc) is 2.52. The number of hydrogen-bond donors (Lipinski definition) is 1. The van der Waals surface area contributed by atoms with Gasteiger partial charge in [-0.25, -0.2) is 0 Å². The maximum Gasteiger partial charge on any atom is 0.262 e. The van der Waals surface area contributed by atoms with E-state index in [0.717, 1.165) is 10.2 Å². The van der Waals surface area contributed by atoms with E-state index in [-0.39, 0.29) is 24.0 Å². The van der Waals surface area contributed by atoms with Gasteiger partial charge in [0.15, 0.2) is 6.61 Å². The van der Waals surface area contributed by atoms with Crippen molar-refractivity contribution in [1.29, 1.82) is 0 Å². The Kier molecular flexibility index (Phi) is 6.70. The molecule has 0 aliphatic heterocycles. The average molecular weight is 420 g/mol. The Morgan fingerprint density at radius 2 is 1.88 bits per heavy atom. The quantitative estimate of drug-likeness (QED) is 0.667. The van der Waals surface area contributed by atoms with Gasteiger partial charge < -0.3 is 14.8 Å². The molecule has 0 aliphatic rings. The first-order valence-electron chi connectivity index (χ1n) is 8.64. The van der Waals surface area contributed by atoms with Crippen LogP contribution in [0, 0.1) is 0 Å². The van der Waals surface area contributed by atoms with Gasteiger partial charge in [0.25, 0.3) is 5.91 Å². The van der Waals surface area contributed by atoms with Crippen LogP contribution in [0.3, 0.4) is 0 Å². The molecule has 0 aliphatic carbocycles. The first-order chi connectivity index (χ1) is 12.1. The molecule has 0 aromatic heterocycles. The van der Waals surface area contributed by atoms with Crippen LogP contribution >= 0.6 is 15.9 Å². The van der Waals surface area contributed by atoms with Gasteiger partial charge in [-0.1, -0.05) is 32.9 Å². The zero-order valence-electron chi connectivity index (χ0n) is 15.9. The molecule has 0 radical (unpaired) electrons. The summed E-state index contributed by atoms with van der Waals surface area (Å²) in [6.45, 7) is 10.3. The highest BCUT2D eigenvalue weighted by atomic mass is 79.9. The number of amides is 1. The summed E-state index contributed by atoms with van der Waals surface area (Å²) < 4.78 is 12.1. The van der Waals surface area contributed by atoms with E-state index < -0.39 is 0 Å². The van der Waals surface area contributed by atoms with Crippen LogP contribution in [0.15, 0.2) is 46.9 Å². The van der Waals surface area contributed by atoms with Gasteiger partial charge in [-0.15, -0.1) is 0 Å². The van der Waals surface area contributed by atoms with E-state index in [9.17, 15) is 4.79 Å². The molecule has 0 heterocycles. The van der Waals surface area contributed by atoms with Gasteiger partial charge in [-0.05, 0) is 65.0 Å². The minimum Gasteiger partial charge on any atom is -0.491 e. The Morgan fingerprint density at radius 1 is 1.15 bits per heavy atom. The summed E-state index contributed by atoms with van der Waals surface area (Å²) in [7, 11) is 0. The summed E-state index contributed by atoms with van der Waals surface area (Å²) >= 11 is 3.52. The highest BCUT2D eigenvalue weighted by Gasteiger charge is 2.15. The fraction of sp³-hybridized carbons (Fsp3) is 0.381. The van der Waals surface area contributed by atoms with Crippen LogP contribution in [-0.2, 0) is 10.2 Å². The Hall–Kier alpha value is -2.01. The molecular formula is C21H26BrNO3. The van der Waals surface area contributed by atoms with Gasteiger partial charge >= 0.3 is 0 Å². The fourth-order valence-corrected chi connectivity index (χ4v) is 2.84. The van der Waals surface area contributed by atoms with E-state index in [4.69, 9.17) is 9.47 Å². The summed E-state index contributed by atoms with van der Waals surface area (Å²) in [6.07, 6.45) is 0.0812. The van der Waals surface area contributed by atoms with Crippen LogP contribution in [0.25, 0.3) is 0 Å². The predicted octanol–water partition coefficient (Wildman–Crippen LogP) is 5.55. The second kappa shape index (κ2) is 8.58. The predicted molar refractivity (Wildman–Crippen MR) is 109 cm³/mol. The van der Waals surface area contributed by atoms with Crippen LogP contribution in [0.4, 0.5) is 5.69 Å². The minimum absolute atomic E-state index is 0.0570. The number of nitrogens with one attached hydrogen (secondary N) is 1. The van der Waals surface area contributed by atoms with Crippen molar-refractivity contribution < 1.29 is 14.3 Å². The Labute approximate surface area is 164 Å². The summed E-state index contributed by atoms with van der Waals surface area (Å²) in [5.74, 6) is 1.14. The third kappa shape index (κ3) is 6.06. The smallest absolute Gasteiger partial charge is 0.262 e. The number of anilines is 1. The van der Waals surface area contributed by atoms with Crippen LogP contribution in [0.1, 0.15) is 40.2 Å². The molecule has 0 bridgehead atoms. The van der Waals surface area contributed by atoms with Crippen LogP contribution in [-0.4, -0.2) is 18.6 Å². The van der Waals surface area contributed by atoms with Gasteiger partial charge in [0.05, 0.1) is 10.6 Å². The van der Waals surface area contributed by atoms with E-state index in [1.807, 2.05) is 50.2 Å². The van der Waals surface area contributed by atoms with Gasteiger partial charge in [0, 0.05) is 11.8 Å². The lowest BCUT2D eigenvalue weighted by atomic mass is 9.87. The van der Waals surface area contributed by atoms with Gasteiger partial charge in [-0.3, -0.25) is 4.79 Å². The van der Waals surface area contributed by atoms with Crippen molar-refractivity contribution in [2.45, 2.75) is 46.1 Å². The summed E-state index contributed by atoms with van der Waals surface area (Å²) in [4.78, 5) is 12.2. The van der Waals surface area contributed by atoms with Crippen LogP contribution in [0.2, 0.25) is 0 Å². The zero-order chi connectivity index (χ0) is 19.3. The molecule has 140 valence electrons. The molecule has 1 N–H and O–H groups in total. The van der Waals surface area contributed by atoms with E-state index >= 15 is 0 Å². The summed E-state index contributed by atoms with van der Waals surface area (Å²) in [5.41, 5.74) is 1.93. The number of carbonyl (C=O) groups is 1. The van der Waals surface area contributed by atoms with Crippen molar-refractivity contribution in [1.82, 2.24) is 0 Å². The Balaban J connectivity index is 1.95. The van der Waals surface area contributed by atoms with E-state index in [2.05, 4.69) is 42.0 Å².